The predicted molar refractivity (Wildman–Crippen MR) is 126 cm³/mol. The second-order valence-corrected chi connectivity index (χ2v) is 8.39. The topological polar surface area (TPSA) is 83.0 Å². The third kappa shape index (κ3) is 5.88. The molecule has 3 aromatic heterocycles. The first-order valence-corrected chi connectivity index (χ1v) is 11.1. The van der Waals surface area contributed by atoms with Crippen LogP contribution in [-0.2, 0) is 11.3 Å². The molecule has 7 nitrogen and oxygen atoms in total. The molecule has 0 aromatic carbocycles. The van der Waals surface area contributed by atoms with Gasteiger partial charge in [-0.3, -0.25) is 19.7 Å². The number of nitrogens with zero attached hydrogens (tertiary/aromatic N) is 4. The lowest BCUT2D eigenvalue weighted by molar-refractivity contribution is -0.122. The van der Waals surface area contributed by atoms with Crippen molar-refractivity contribution in [1.29, 1.82) is 0 Å². The molecular formula is C25H30N6O. The highest BCUT2D eigenvalue weighted by molar-refractivity contribution is 5.78. The molecule has 0 unspecified atom stereocenters. The van der Waals surface area contributed by atoms with Crippen molar-refractivity contribution in [1.82, 2.24) is 25.2 Å². The van der Waals surface area contributed by atoms with Crippen LogP contribution < -0.4 is 10.6 Å². The van der Waals surface area contributed by atoms with Crippen molar-refractivity contribution >= 4 is 17.4 Å². The third-order valence-corrected chi connectivity index (χ3v) is 5.73. The lowest BCUT2D eigenvalue weighted by Gasteiger charge is -2.32. The number of rotatable bonds is 7. The molecule has 1 aliphatic heterocycles. The quantitative estimate of drug-likeness (QED) is 0.594. The Balaban J connectivity index is 1.38. The predicted octanol–water partition coefficient (Wildman–Crippen LogP) is 3.73. The van der Waals surface area contributed by atoms with Gasteiger partial charge in [-0.25, -0.2) is 4.98 Å². The Labute approximate surface area is 189 Å². The maximum Gasteiger partial charge on any atom is 0.234 e. The molecule has 0 radical (unpaired) electrons. The van der Waals surface area contributed by atoms with E-state index in [2.05, 4.69) is 31.6 Å². The summed E-state index contributed by atoms with van der Waals surface area (Å²) >= 11 is 0. The van der Waals surface area contributed by atoms with Crippen LogP contribution in [0.3, 0.4) is 0 Å². The summed E-state index contributed by atoms with van der Waals surface area (Å²) in [6, 6.07) is 13.9. The molecule has 4 rings (SSSR count). The largest absolute Gasteiger partial charge is 0.349 e. The molecule has 1 aliphatic rings. The molecule has 32 heavy (non-hydrogen) atoms. The molecule has 2 N–H and O–H groups in total. The molecule has 0 spiro atoms. The Morgan fingerprint density at radius 2 is 2.00 bits per heavy atom. The van der Waals surface area contributed by atoms with Gasteiger partial charge in [-0.1, -0.05) is 12.1 Å². The van der Waals surface area contributed by atoms with Crippen LogP contribution in [0.4, 0.5) is 11.5 Å². The lowest BCUT2D eigenvalue weighted by atomic mass is 9.93. The fraction of sp³-hybridized carbons (Fsp3) is 0.360. The van der Waals surface area contributed by atoms with E-state index in [0.29, 0.717) is 19.0 Å². The van der Waals surface area contributed by atoms with Gasteiger partial charge in [0, 0.05) is 41.9 Å². The van der Waals surface area contributed by atoms with E-state index in [0.717, 1.165) is 60.1 Å². The number of pyridine rings is 3. The summed E-state index contributed by atoms with van der Waals surface area (Å²) in [6.07, 6.45) is 5.66. The maximum absolute atomic E-state index is 12.5. The third-order valence-electron chi connectivity index (χ3n) is 5.73. The van der Waals surface area contributed by atoms with Gasteiger partial charge in [0.05, 0.1) is 18.8 Å². The minimum absolute atomic E-state index is 0.0292. The van der Waals surface area contributed by atoms with Gasteiger partial charge >= 0.3 is 0 Å². The summed E-state index contributed by atoms with van der Waals surface area (Å²) in [4.78, 5) is 28.2. The molecule has 1 saturated heterocycles. The summed E-state index contributed by atoms with van der Waals surface area (Å²) in [5.74, 6) is 1.19. The smallest absolute Gasteiger partial charge is 0.234 e. The lowest BCUT2D eigenvalue weighted by Crippen LogP contribution is -2.42. The molecule has 7 heteroatoms. The van der Waals surface area contributed by atoms with Gasteiger partial charge in [0.1, 0.15) is 5.82 Å². The molecule has 0 saturated carbocycles. The fourth-order valence-corrected chi connectivity index (χ4v) is 4.12. The molecule has 1 atom stereocenters. The van der Waals surface area contributed by atoms with Crippen molar-refractivity contribution in [2.75, 3.05) is 25.0 Å². The van der Waals surface area contributed by atoms with Gasteiger partial charge < -0.3 is 10.6 Å². The molecule has 1 fully saturated rings. The zero-order valence-electron chi connectivity index (χ0n) is 18.7. The number of aryl methyl sites for hydroxylation is 2. The number of carbonyl (C=O) groups excluding carboxylic acids is 1. The van der Waals surface area contributed by atoms with Crippen LogP contribution in [-0.4, -0.2) is 45.4 Å². The van der Waals surface area contributed by atoms with E-state index in [1.54, 1.807) is 12.4 Å². The molecule has 166 valence electrons. The summed E-state index contributed by atoms with van der Waals surface area (Å²) < 4.78 is 0. The normalized spacial score (nSPS) is 16.5. The number of aromatic nitrogens is 3. The number of amides is 1. The minimum atomic E-state index is 0.0292. The number of hydrogen-bond acceptors (Lipinski definition) is 6. The Hall–Kier alpha value is -3.32. The van der Waals surface area contributed by atoms with E-state index < -0.39 is 0 Å². The Kier molecular flexibility index (Phi) is 7.07. The van der Waals surface area contributed by atoms with Crippen LogP contribution in [0.25, 0.3) is 0 Å². The summed E-state index contributed by atoms with van der Waals surface area (Å²) in [5.41, 5.74) is 5.01. The van der Waals surface area contributed by atoms with Crippen LogP contribution >= 0.6 is 0 Å². The van der Waals surface area contributed by atoms with Gasteiger partial charge in [-0.2, -0.15) is 0 Å². The summed E-state index contributed by atoms with van der Waals surface area (Å²) in [5, 5.41) is 6.41. The average Bonchev–Trinajstić information content (AvgIpc) is 2.80. The molecule has 4 heterocycles. The van der Waals surface area contributed by atoms with E-state index in [9.17, 15) is 4.79 Å². The number of nitrogens with one attached hydrogen (secondary N) is 2. The molecular weight excluding hydrogens is 400 g/mol. The number of likely N-dealkylation sites (tertiary alicyclic amines) is 1. The van der Waals surface area contributed by atoms with Crippen molar-refractivity contribution in [2.45, 2.75) is 39.2 Å². The van der Waals surface area contributed by atoms with Gasteiger partial charge in [-0.05, 0) is 69.1 Å². The van der Waals surface area contributed by atoms with Gasteiger partial charge in [0.25, 0.3) is 0 Å². The molecule has 0 bridgehead atoms. The average molecular weight is 431 g/mol. The zero-order chi connectivity index (χ0) is 22.3. The van der Waals surface area contributed by atoms with Crippen LogP contribution in [0.15, 0.2) is 54.9 Å². The van der Waals surface area contributed by atoms with Crippen molar-refractivity contribution in [3.8, 4) is 0 Å². The number of hydrogen-bond donors (Lipinski definition) is 2. The highest BCUT2D eigenvalue weighted by Gasteiger charge is 2.24. The molecule has 3 aromatic rings. The summed E-state index contributed by atoms with van der Waals surface area (Å²) in [7, 11) is 0. The summed E-state index contributed by atoms with van der Waals surface area (Å²) in [6.45, 7) is 6.67. The monoisotopic (exact) mass is 430 g/mol. The first-order chi connectivity index (χ1) is 15.6. The van der Waals surface area contributed by atoms with Crippen molar-refractivity contribution in [3.05, 3.63) is 77.5 Å². The number of piperidine rings is 1. The molecule has 0 aliphatic carbocycles. The number of carbonyl (C=O) groups is 1. The van der Waals surface area contributed by atoms with Gasteiger partial charge in [0.2, 0.25) is 5.91 Å². The Morgan fingerprint density at radius 1 is 1.12 bits per heavy atom. The highest BCUT2D eigenvalue weighted by atomic mass is 16.2. The maximum atomic E-state index is 12.5. The Morgan fingerprint density at radius 3 is 2.81 bits per heavy atom. The van der Waals surface area contributed by atoms with E-state index in [1.165, 1.54) is 0 Å². The zero-order valence-corrected chi connectivity index (χ0v) is 18.7. The van der Waals surface area contributed by atoms with Crippen molar-refractivity contribution < 1.29 is 4.79 Å². The highest BCUT2D eigenvalue weighted by Crippen LogP contribution is 2.28. The van der Waals surface area contributed by atoms with E-state index in [-0.39, 0.29) is 5.91 Å². The second-order valence-electron chi connectivity index (χ2n) is 8.39. The van der Waals surface area contributed by atoms with E-state index in [1.807, 2.05) is 50.2 Å². The SMILES string of the molecule is Cc1cc(Nc2ncccc2C)cc([C@H]2CCCN(CC(=O)NCc3ccccn3)C2)n1. The van der Waals surface area contributed by atoms with E-state index in [4.69, 9.17) is 4.98 Å². The van der Waals surface area contributed by atoms with Gasteiger partial charge in [-0.15, -0.1) is 0 Å². The van der Waals surface area contributed by atoms with E-state index >= 15 is 0 Å². The fourth-order valence-electron chi connectivity index (χ4n) is 4.12. The number of anilines is 2. The van der Waals surface area contributed by atoms with Crippen LogP contribution in [0.2, 0.25) is 0 Å². The standard InChI is InChI=1S/C25H30N6O/c1-18-7-5-11-27-25(18)30-22-13-19(2)29-23(14-22)20-8-6-12-31(16-20)17-24(32)28-15-21-9-3-4-10-26-21/h3-5,7,9-11,13-14,20H,6,8,12,15-17H2,1-2H3,(H,28,32)(H,27,29,30)/t20-/m0/s1. The minimum Gasteiger partial charge on any atom is -0.349 e. The second kappa shape index (κ2) is 10.3. The van der Waals surface area contributed by atoms with Crippen LogP contribution in [0.1, 0.15) is 41.4 Å². The van der Waals surface area contributed by atoms with Crippen LogP contribution in [0, 0.1) is 13.8 Å². The van der Waals surface area contributed by atoms with Crippen molar-refractivity contribution in [3.63, 3.8) is 0 Å². The van der Waals surface area contributed by atoms with Crippen LogP contribution in [0.5, 0.6) is 0 Å². The first-order valence-electron chi connectivity index (χ1n) is 11.1. The Bertz CT molecular complexity index is 1060. The van der Waals surface area contributed by atoms with Crippen molar-refractivity contribution in [2.24, 2.45) is 0 Å². The first kappa shape index (κ1) is 21.9. The van der Waals surface area contributed by atoms with Gasteiger partial charge in [0.15, 0.2) is 0 Å². The molecule has 1 amide bonds.